The fourth-order valence-corrected chi connectivity index (χ4v) is 4.23. The predicted octanol–water partition coefficient (Wildman–Crippen LogP) is 5.07. The van der Waals surface area contributed by atoms with E-state index in [0.29, 0.717) is 11.8 Å². The molecule has 0 radical (unpaired) electrons. The van der Waals surface area contributed by atoms with Crippen molar-refractivity contribution in [3.05, 3.63) is 53.9 Å². The van der Waals surface area contributed by atoms with Gasteiger partial charge in [0.25, 0.3) is 0 Å². The predicted molar refractivity (Wildman–Crippen MR) is 137 cm³/mol. The van der Waals surface area contributed by atoms with Gasteiger partial charge in [0.1, 0.15) is 11.6 Å². The average Bonchev–Trinajstić information content (AvgIpc) is 3.12. The minimum atomic E-state index is 0.586. The Morgan fingerprint density at radius 1 is 1.09 bits per heavy atom. The number of aromatic nitrogens is 2. The van der Waals surface area contributed by atoms with Crippen LogP contribution in [0.3, 0.4) is 0 Å². The summed E-state index contributed by atoms with van der Waals surface area (Å²) in [4.78, 5) is 12.0. The number of hydrogen-bond acceptors (Lipinski definition) is 5. The zero-order valence-corrected chi connectivity index (χ0v) is 20.5. The summed E-state index contributed by atoms with van der Waals surface area (Å²) in [5.41, 5.74) is 10.2. The lowest BCUT2D eigenvalue weighted by molar-refractivity contribution is 0.291. The number of likely N-dealkylation sites (N-methyl/N-ethyl adjacent to an activating group) is 1. The second kappa shape index (κ2) is 11.9. The van der Waals surface area contributed by atoms with Crippen LogP contribution in [0.5, 0.6) is 5.75 Å². The molecule has 0 saturated carbocycles. The molecule has 1 heterocycles. The Morgan fingerprint density at radius 2 is 1.84 bits per heavy atom. The smallest absolute Gasteiger partial charge is 0.159 e. The minimum absolute atomic E-state index is 0.586. The van der Waals surface area contributed by atoms with Crippen LogP contribution in [0.4, 0.5) is 5.69 Å². The SMILES string of the molecule is CCOc1ccc(Cc2nc3cc(N=C(N)SCC)ccc3n2CCN(CC)CC)cc1. The molecule has 0 spiro atoms. The number of amidine groups is 1. The zero-order valence-electron chi connectivity index (χ0n) is 19.7. The summed E-state index contributed by atoms with van der Waals surface area (Å²) in [6, 6.07) is 14.5. The third kappa shape index (κ3) is 6.26. The first kappa shape index (κ1) is 24.1. The van der Waals surface area contributed by atoms with Gasteiger partial charge in [0.15, 0.2) is 5.17 Å². The molecule has 0 unspecified atom stereocenters. The van der Waals surface area contributed by atoms with Gasteiger partial charge in [-0.2, -0.15) is 0 Å². The lowest BCUT2D eigenvalue weighted by Crippen LogP contribution is -2.27. The minimum Gasteiger partial charge on any atom is -0.494 e. The summed E-state index contributed by atoms with van der Waals surface area (Å²) >= 11 is 1.55. The Kier molecular flexibility index (Phi) is 9.00. The molecule has 0 amide bonds. The van der Waals surface area contributed by atoms with Gasteiger partial charge < -0.3 is 19.9 Å². The van der Waals surface area contributed by atoms with Crippen molar-refractivity contribution in [3.8, 4) is 5.75 Å². The molecule has 3 rings (SSSR count). The summed E-state index contributed by atoms with van der Waals surface area (Å²) in [5.74, 6) is 2.87. The fraction of sp³-hybridized carbons (Fsp3) is 0.440. The molecular weight excluding hydrogens is 418 g/mol. The summed E-state index contributed by atoms with van der Waals surface area (Å²) in [6.07, 6.45) is 0.770. The van der Waals surface area contributed by atoms with Gasteiger partial charge in [0.2, 0.25) is 0 Å². The van der Waals surface area contributed by atoms with Crippen LogP contribution in [-0.2, 0) is 13.0 Å². The first-order valence-corrected chi connectivity index (χ1v) is 12.5. The van der Waals surface area contributed by atoms with Crippen molar-refractivity contribution in [2.75, 3.05) is 32.0 Å². The van der Waals surface area contributed by atoms with E-state index in [1.807, 2.05) is 31.2 Å². The van der Waals surface area contributed by atoms with Crippen LogP contribution in [0.2, 0.25) is 0 Å². The number of fused-ring (bicyclic) bond motifs is 1. The van der Waals surface area contributed by atoms with Gasteiger partial charge in [-0.25, -0.2) is 9.98 Å². The maximum Gasteiger partial charge on any atom is 0.159 e. The molecule has 6 nitrogen and oxygen atoms in total. The number of hydrogen-bond donors (Lipinski definition) is 1. The van der Waals surface area contributed by atoms with E-state index in [-0.39, 0.29) is 0 Å². The van der Waals surface area contributed by atoms with Crippen molar-refractivity contribution in [1.82, 2.24) is 14.5 Å². The number of ether oxygens (including phenoxy) is 1. The molecule has 172 valence electrons. The van der Waals surface area contributed by atoms with E-state index in [9.17, 15) is 0 Å². The number of imidazole rings is 1. The molecule has 2 N–H and O–H groups in total. The Labute approximate surface area is 195 Å². The Bertz CT molecular complexity index is 1020. The molecule has 0 saturated heterocycles. The Morgan fingerprint density at radius 3 is 2.50 bits per heavy atom. The highest BCUT2D eigenvalue weighted by molar-refractivity contribution is 8.13. The first-order chi connectivity index (χ1) is 15.6. The fourth-order valence-electron chi connectivity index (χ4n) is 3.76. The molecule has 2 aromatic carbocycles. The number of aliphatic imine (C=N–C) groups is 1. The van der Waals surface area contributed by atoms with E-state index in [0.717, 1.165) is 66.6 Å². The number of nitrogens with zero attached hydrogens (tertiary/aromatic N) is 4. The van der Waals surface area contributed by atoms with Gasteiger partial charge >= 0.3 is 0 Å². The third-order valence-corrected chi connectivity index (χ3v) is 6.15. The van der Waals surface area contributed by atoms with Gasteiger partial charge in [-0.3, -0.25) is 0 Å². The maximum absolute atomic E-state index is 6.01. The average molecular weight is 454 g/mol. The van der Waals surface area contributed by atoms with E-state index >= 15 is 0 Å². The highest BCUT2D eigenvalue weighted by Crippen LogP contribution is 2.25. The summed E-state index contributed by atoms with van der Waals surface area (Å²) in [7, 11) is 0. The number of thioether (sulfide) groups is 1. The van der Waals surface area contributed by atoms with Crippen molar-refractivity contribution in [1.29, 1.82) is 0 Å². The van der Waals surface area contributed by atoms with E-state index < -0.39 is 0 Å². The lowest BCUT2D eigenvalue weighted by Gasteiger charge is -2.19. The number of rotatable bonds is 11. The standard InChI is InChI=1S/C25H35N5OS/c1-5-29(6-2)15-16-30-23-14-11-20(27-25(26)32-8-4)18-22(23)28-24(30)17-19-9-12-21(13-10-19)31-7-3/h9-14,18H,5-8,15-17H2,1-4H3,(H2,26,27). The lowest BCUT2D eigenvalue weighted by atomic mass is 10.1. The topological polar surface area (TPSA) is 68.7 Å². The van der Waals surface area contributed by atoms with Gasteiger partial charge in [-0.15, -0.1) is 0 Å². The largest absolute Gasteiger partial charge is 0.494 e. The van der Waals surface area contributed by atoms with Crippen LogP contribution in [0.15, 0.2) is 47.5 Å². The molecule has 0 aliphatic rings. The van der Waals surface area contributed by atoms with Crippen LogP contribution < -0.4 is 10.5 Å². The number of benzene rings is 2. The van der Waals surface area contributed by atoms with E-state index in [4.69, 9.17) is 15.5 Å². The van der Waals surface area contributed by atoms with E-state index in [1.54, 1.807) is 11.8 Å². The van der Waals surface area contributed by atoms with E-state index in [2.05, 4.69) is 53.4 Å². The molecule has 7 heteroatoms. The molecule has 0 bridgehead atoms. The van der Waals surface area contributed by atoms with Crippen molar-refractivity contribution in [2.24, 2.45) is 10.7 Å². The van der Waals surface area contributed by atoms with E-state index in [1.165, 1.54) is 5.56 Å². The normalized spacial score (nSPS) is 12.1. The van der Waals surface area contributed by atoms with Gasteiger partial charge in [-0.1, -0.05) is 44.7 Å². The zero-order chi connectivity index (χ0) is 22.9. The summed E-state index contributed by atoms with van der Waals surface area (Å²) in [6.45, 7) is 13.1. The summed E-state index contributed by atoms with van der Waals surface area (Å²) < 4.78 is 7.93. The van der Waals surface area contributed by atoms with Crippen LogP contribution >= 0.6 is 11.8 Å². The molecule has 0 fully saturated rings. The highest BCUT2D eigenvalue weighted by atomic mass is 32.2. The molecule has 0 atom stereocenters. The van der Waals surface area contributed by atoms with Crippen LogP contribution in [0, 0.1) is 0 Å². The summed E-state index contributed by atoms with van der Waals surface area (Å²) in [5, 5.41) is 0.586. The third-order valence-electron chi connectivity index (χ3n) is 5.47. The number of nitrogens with two attached hydrogens (primary N) is 1. The van der Waals surface area contributed by atoms with Gasteiger partial charge in [0, 0.05) is 19.5 Å². The van der Waals surface area contributed by atoms with Gasteiger partial charge in [0.05, 0.1) is 23.3 Å². The second-order valence-corrected chi connectivity index (χ2v) is 8.80. The second-order valence-electron chi connectivity index (χ2n) is 7.52. The van der Waals surface area contributed by atoms with Crippen LogP contribution in [0.1, 0.15) is 39.1 Å². The van der Waals surface area contributed by atoms with Crippen molar-refractivity contribution >= 4 is 33.7 Å². The molecule has 1 aromatic heterocycles. The quantitative estimate of drug-likeness (QED) is 0.324. The first-order valence-electron chi connectivity index (χ1n) is 11.5. The monoisotopic (exact) mass is 453 g/mol. The van der Waals surface area contributed by atoms with Crippen molar-refractivity contribution in [2.45, 2.75) is 40.7 Å². The molecule has 0 aliphatic carbocycles. The Hall–Kier alpha value is -2.51. The van der Waals surface area contributed by atoms with Crippen molar-refractivity contribution < 1.29 is 4.74 Å². The van der Waals surface area contributed by atoms with Crippen LogP contribution in [0.25, 0.3) is 11.0 Å². The highest BCUT2D eigenvalue weighted by Gasteiger charge is 2.13. The van der Waals surface area contributed by atoms with Gasteiger partial charge in [-0.05, 0) is 61.7 Å². The van der Waals surface area contributed by atoms with Crippen molar-refractivity contribution in [3.63, 3.8) is 0 Å². The molecule has 0 aliphatic heterocycles. The molecular formula is C25H35N5OS. The van der Waals surface area contributed by atoms with Crippen LogP contribution in [-0.4, -0.2) is 51.6 Å². The Balaban J connectivity index is 1.93. The maximum atomic E-state index is 6.01. The molecule has 3 aromatic rings. The molecule has 32 heavy (non-hydrogen) atoms.